The predicted octanol–water partition coefficient (Wildman–Crippen LogP) is 22.1. The number of nitrogens with one attached hydrogen (secondary N) is 6. The van der Waals surface area contributed by atoms with Gasteiger partial charge in [0, 0.05) is 71.2 Å². The fourth-order valence-corrected chi connectivity index (χ4v) is 14.7. The van der Waals surface area contributed by atoms with Crippen molar-refractivity contribution in [3.05, 3.63) is 374 Å². The summed E-state index contributed by atoms with van der Waals surface area (Å²) in [5, 5.41) is 17.5. The number of carbonyl (C=O) groups is 6. The Balaban J connectivity index is 0.000000124. The first kappa shape index (κ1) is 85.0. The van der Waals surface area contributed by atoms with Crippen molar-refractivity contribution in [2.45, 2.75) is 143 Å². The van der Waals surface area contributed by atoms with Gasteiger partial charge in [0.1, 0.15) is 29.1 Å². The lowest BCUT2D eigenvalue weighted by molar-refractivity contribution is -0.118. The zero-order valence-electron chi connectivity index (χ0n) is 69.7. The molecule has 6 N–H and O–H groups in total. The number of halogens is 2. The van der Waals surface area contributed by atoms with Crippen molar-refractivity contribution in [1.29, 1.82) is 0 Å². The molecule has 17 heteroatoms. The van der Waals surface area contributed by atoms with E-state index in [1.165, 1.54) is 85.5 Å². The third-order valence-corrected chi connectivity index (χ3v) is 22.8. The van der Waals surface area contributed by atoms with Gasteiger partial charge in [-0.05, 0) is 272 Å². The topological polar surface area (TPSA) is 213 Å². The van der Waals surface area contributed by atoms with E-state index in [2.05, 4.69) is 172 Å². The number of aryl methyl sites for hydroxylation is 10. The maximum atomic E-state index is 12.9. The molecule has 3 heterocycles. The number of carbonyl (C=O) groups excluding carboxylic acids is 6. The van der Waals surface area contributed by atoms with Crippen molar-refractivity contribution in [2.24, 2.45) is 35.5 Å². The van der Waals surface area contributed by atoms with Crippen molar-refractivity contribution in [2.75, 3.05) is 31.9 Å². The van der Waals surface area contributed by atoms with E-state index in [0.29, 0.717) is 41.1 Å². The fourth-order valence-electron chi connectivity index (χ4n) is 14.7. The molecule has 6 saturated carbocycles. The number of benzene rings is 9. The van der Waals surface area contributed by atoms with E-state index in [0.717, 1.165) is 83.4 Å². The normalized spacial score (nSPS) is 20.5. The van der Waals surface area contributed by atoms with E-state index in [1.807, 2.05) is 145 Å². The molecule has 612 valence electrons. The summed E-state index contributed by atoms with van der Waals surface area (Å²) in [6, 6.07) is 81.6. The largest absolute Gasteiger partial charge is 0.326 e. The Morgan fingerprint density at radius 2 is 0.375 bits per heavy atom. The van der Waals surface area contributed by atoms with Crippen molar-refractivity contribution >= 4 is 70.0 Å². The van der Waals surface area contributed by atoms with Crippen LogP contribution in [0.15, 0.2) is 273 Å². The molecule has 12 unspecified atom stereocenters. The van der Waals surface area contributed by atoms with Gasteiger partial charge in [0.15, 0.2) is 0 Å². The molecule has 0 saturated heterocycles. The maximum Gasteiger partial charge on any atom is 0.229 e. The van der Waals surface area contributed by atoms with Crippen molar-refractivity contribution < 1.29 is 37.5 Å². The number of anilines is 6. The van der Waals surface area contributed by atoms with Crippen molar-refractivity contribution in [1.82, 2.24) is 15.0 Å². The first-order chi connectivity index (χ1) is 57.8. The lowest BCUT2D eigenvalue weighted by atomic mass is 10.1. The highest BCUT2D eigenvalue weighted by Gasteiger charge is 2.48. The van der Waals surface area contributed by atoms with Gasteiger partial charge >= 0.3 is 0 Å². The van der Waals surface area contributed by atoms with E-state index in [9.17, 15) is 37.5 Å². The second-order valence-electron chi connectivity index (χ2n) is 33.1. The number of rotatable bonds is 18. The summed E-state index contributed by atoms with van der Waals surface area (Å²) < 4.78 is 25.7. The van der Waals surface area contributed by atoms with Crippen LogP contribution in [0.2, 0.25) is 0 Å². The van der Waals surface area contributed by atoms with Crippen LogP contribution in [0.4, 0.5) is 43.3 Å². The Kier molecular flexibility index (Phi) is 27.7. The van der Waals surface area contributed by atoms with Gasteiger partial charge < -0.3 is 31.9 Å². The molecule has 6 aliphatic carbocycles. The first-order valence-electron chi connectivity index (χ1n) is 41.4. The van der Waals surface area contributed by atoms with Gasteiger partial charge in [-0.25, -0.2) is 23.7 Å². The van der Waals surface area contributed by atoms with Crippen LogP contribution >= 0.6 is 0 Å². The number of hydrogen-bond donors (Lipinski definition) is 6. The molecule has 0 bridgehead atoms. The molecule has 18 rings (SSSR count). The number of pyridine rings is 3. The second kappa shape index (κ2) is 39.1. The van der Waals surface area contributed by atoms with Crippen LogP contribution in [0.25, 0.3) is 0 Å². The molecule has 15 nitrogen and oxygen atoms in total. The third kappa shape index (κ3) is 24.6. The molecular weight excluding hydrogens is 1500 g/mol. The summed E-state index contributed by atoms with van der Waals surface area (Å²) in [6.07, 6.45) is 10.7. The maximum absolute atomic E-state index is 12.9. The first-order valence-corrected chi connectivity index (χ1v) is 41.4. The predicted molar refractivity (Wildman–Crippen MR) is 475 cm³/mol. The Bertz CT molecular complexity index is 4590. The number of hydrogen-bond acceptors (Lipinski definition) is 9. The molecule has 6 aliphatic rings. The highest BCUT2D eigenvalue weighted by Crippen LogP contribution is 2.52. The van der Waals surface area contributed by atoms with E-state index < -0.39 is 0 Å². The number of amides is 6. The van der Waals surface area contributed by atoms with Crippen LogP contribution in [-0.2, 0) is 28.8 Å². The van der Waals surface area contributed by atoms with E-state index >= 15 is 0 Å². The Hall–Kier alpha value is -12.9. The SMILES string of the molecule is Cc1ccc(C2CC2C(=O)Nc2ccc(C)cn2)cc1.Cc1ccc(C2CC2C(=O)Nc2ccc(C)cn2)cc1.Cc1ccc(NC(=O)C2CC2c2ccc(C)cc2)cc1.Cc1ccc(NC(=O)C2CC2c2ccc(C)cc2)cc1.Cc1ccc(NC(=O)C2CC2c2ccc(F)cc2)cc1.Cc1ccc(NC(=O)C2CC2c2ccc(F)cc2)nc1. The Labute approximate surface area is 703 Å². The monoisotopic (exact) mass is 1600 g/mol. The van der Waals surface area contributed by atoms with E-state index in [-0.39, 0.29) is 94.4 Å². The fraction of sp³-hybridized carbons (Fsp3) is 0.272. The second-order valence-corrected chi connectivity index (χ2v) is 33.1. The van der Waals surface area contributed by atoms with E-state index in [4.69, 9.17) is 0 Å². The summed E-state index contributed by atoms with van der Waals surface area (Å²) in [6.45, 7) is 20.3. The summed E-state index contributed by atoms with van der Waals surface area (Å²) >= 11 is 0. The minimum atomic E-state index is -0.251. The Morgan fingerprint density at radius 1 is 0.217 bits per heavy atom. The molecule has 0 aliphatic heterocycles. The zero-order chi connectivity index (χ0) is 84.7. The van der Waals surface area contributed by atoms with Gasteiger partial charge in [0.05, 0.1) is 0 Å². The zero-order valence-corrected chi connectivity index (χ0v) is 69.7. The van der Waals surface area contributed by atoms with Gasteiger partial charge in [0.25, 0.3) is 0 Å². The highest BCUT2D eigenvalue weighted by molar-refractivity contribution is 5.98. The van der Waals surface area contributed by atoms with Crippen LogP contribution in [0, 0.1) is 116 Å². The molecule has 0 spiro atoms. The third-order valence-electron chi connectivity index (χ3n) is 22.8. The Morgan fingerprint density at radius 3 is 0.550 bits per heavy atom. The minimum Gasteiger partial charge on any atom is -0.326 e. The van der Waals surface area contributed by atoms with Gasteiger partial charge in [-0.3, -0.25) is 28.8 Å². The average molecular weight is 1600 g/mol. The molecule has 12 atom stereocenters. The standard InChI is InChI=1S/2C18H19NO.C17H16FNO.2C17H18N2O.C16H15FN2O/c2*1-12-3-7-14(8-4-12)16-11-17(16)18(20)19-15-9-5-13(2)6-10-15;1-11-2-8-14(9-3-11)19-17(20)16-10-15(16)12-4-6-13(18)7-5-12;2*1-11-3-6-13(7-4-11)14-9-15(14)17(20)19-16-8-5-12(2)10-18-16;1-10-2-7-15(18-9-10)19-16(20)14-8-13(14)11-3-5-12(17)6-4-11/h2*3-10,16-17H,11H2,1-2H3,(H,19,20);2-9,15-16H,10H2,1H3,(H,19,20);2*3-8,10,14-15H,9H2,1-2H3,(H,18,19,20);2-7,9,13-14H,8H2,1H3,(H,18,19,20). The van der Waals surface area contributed by atoms with Gasteiger partial charge in [-0.2, -0.15) is 0 Å². The quantitative estimate of drug-likeness (QED) is 0.0481. The van der Waals surface area contributed by atoms with Gasteiger partial charge in [-0.15, -0.1) is 0 Å². The van der Waals surface area contributed by atoms with Crippen LogP contribution in [0.1, 0.15) is 163 Å². The lowest BCUT2D eigenvalue weighted by Crippen LogP contribution is -2.15. The van der Waals surface area contributed by atoms with Crippen LogP contribution in [0.3, 0.4) is 0 Å². The number of nitrogens with zero attached hydrogens (tertiary/aromatic N) is 3. The lowest BCUT2D eigenvalue weighted by Gasteiger charge is -2.05. The smallest absolute Gasteiger partial charge is 0.229 e. The molecule has 9 aromatic carbocycles. The molecule has 3 aromatic heterocycles. The summed E-state index contributed by atoms with van der Waals surface area (Å²) in [7, 11) is 0. The van der Waals surface area contributed by atoms with Crippen LogP contribution < -0.4 is 31.9 Å². The van der Waals surface area contributed by atoms with Gasteiger partial charge in [-0.1, -0.05) is 215 Å². The highest BCUT2D eigenvalue weighted by atomic mass is 19.1. The summed E-state index contributed by atoms with van der Waals surface area (Å²) in [5.41, 5.74) is 21.5. The molecule has 6 fully saturated rings. The van der Waals surface area contributed by atoms with E-state index in [1.54, 1.807) is 48.9 Å². The van der Waals surface area contributed by atoms with Gasteiger partial charge in [0.2, 0.25) is 35.4 Å². The average Bonchev–Trinajstić information content (AvgIpc) is 1.67. The van der Waals surface area contributed by atoms with Crippen molar-refractivity contribution in [3.8, 4) is 0 Å². The van der Waals surface area contributed by atoms with Crippen LogP contribution in [0.5, 0.6) is 0 Å². The summed E-state index contributed by atoms with van der Waals surface area (Å²) in [4.78, 5) is 85.5. The molecule has 12 aromatic rings. The number of aromatic nitrogens is 3. The molecule has 6 amide bonds. The summed E-state index contributed by atoms with van der Waals surface area (Å²) in [5.74, 6) is 4.11. The molecule has 0 radical (unpaired) electrons. The van der Waals surface area contributed by atoms with Crippen LogP contribution in [-0.4, -0.2) is 50.4 Å². The minimum absolute atomic E-state index is 0.00163. The molecule has 120 heavy (non-hydrogen) atoms. The molecular formula is C103H105F2N9O6. The van der Waals surface area contributed by atoms with Crippen molar-refractivity contribution in [3.63, 3.8) is 0 Å².